The Morgan fingerprint density at radius 3 is 2.36 bits per heavy atom. The molecule has 0 saturated carbocycles. The maximum Gasteiger partial charge on any atom is 0.230 e. The molecule has 0 radical (unpaired) electrons. The van der Waals surface area contributed by atoms with Gasteiger partial charge in [-0.2, -0.15) is 0 Å². The fourth-order valence-corrected chi connectivity index (χ4v) is 1.19. The molecular formula is C11H13NO2. The Morgan fingerprint density at radius 2 is 1.86 bits per heavy atom. The lowest BCUT2D eigenvalue weighted by Gasteiger charge is -2.01. The van der Waals surface area contributed by atoms with Gasteiger partial charge in [-0.3, -0.25) is 14.9 Å². The van der Waals surface area contributed by atoms with Crippen LogP contribution in [0.25, 0.3) is 0 Å². The molecule has 2 amide bonds. The summed E-state index contributed by atoms with van der Waals surface area (Å²) in [5, 5.41) is 2.10. The van der Waals surface area contributed by atoms with Gasteiger partial charge in [-0.05, 0) is 17.5 Å². The van der Waals surface area contributed by atoms with Gasteiger partial charge >= 0.3 is 0 Å². The second kappa shape index (κ2) is 5.17. The highest BCUT2D eigenvalue weighted by Crippen LogP contribution is 2.05. The molecule has 0 saturated heterocycles. The van der Waals surface area contributed by atoms with Crippen LogP contribution in [0.3, 0.4) is 0 Å². The number of imide groups is 1. The van der Waals surface area contributed by atoms with Gasteiger partial charge in [-0.15, -0.1) is 0 Å². The van der Waals surface area contributed by atoms with Crippen molar-refractivity contribution in [2.24, 2.45) is 0 Å². The first-order valence-electron chi connectivity index (χ1n) is 4.57. The Morgan fingerprint density at radius 1 is 1.29 bits per heavy atom. The lowest BCUT2D eigenvalue weighted by atomic mass is 10.1. The third-order valence-electron chi connectivity index (χ3n) is 2.02. The molecule has 1 N–H and O–H groups in total. The van der Waals surface area contributed by atoms with Crippen LogP contribution in [0.1, 0.15) is 18.1 Å². The van der Waals surface area contributed by atoms with Crippen LogP contribution in [0.15, 0.2) is 24.3 Å². The van der Waals surface area contributed by atoms with E-state index in [0.29, 0.717) is 6.41 Å². The molecule has 0 fully saturated rings. The molecule has 0 bridgehead atoms. The minimum absolute atomic E-state index is 0.253. The Balaban J connectivity index is 2.59. The first-order chi connectivity index (χ1) is 6.76. The average molecular weight is 191 g/mol. The number of benzene rings is 1. The number of aryl methyl sites for hydroxylation is 1. The van der Waals surface area contributed by atoms with Gasteiger partial charge in [0.05, 0.1) is 6.42 Å². The van der Waals surface area contributed by atoms with Crippen molar-refractivity contribution in [3.05, 3.63) is 35.4 Å². The van der Waals surface area contributed by atoms with Gasteiger partial charge < -0.3 is 0 Å². The highest BCUT2D eigenvalue weighted by atomic mass is 16.2. The van der Waals surface area contributed by atoms with Crippen LogP contribution in [-0.2, 0) is 22.4 Å². The Labute approximate surface area is 83.1 Å². The summed E-state index contributed by atoms with van der Waals surface area (Å²) in [4.78, 5) is 21.0. The number of hydrogen-bond acceptors (Lipinski definition) is 2. The number of amides is 2. The van der Waals surface area contributed by atoms with Crippen molar-refractivity contribution in [1.29, 1.82) is 0 Å². The predicted octanol–water partition coefficient (Wildman–Crippen LogP) is 1.06. The minimum atomic E-state index is -0.274. The van der Waals surface area contributed by atoms with E-state index in [1.54, 1.807) is 0 Å². The van der Waals surface area contributed by atoms with E-state index in [-0.39, 0.29) is 12.3 Å². The fraction of sp³-hybridized carbons (Fsp3) is 0.273. The quantitative estimate of drug-likeness (QED) is 0.723. The Hall–Kier alpha value is -1.64. The lowest BCUT2D eigenvalue weighted by Crippen LogP contribution is -2.23. The molecule has 0 heterocycles. The van der Waals surface area contributed by atoms with Crippen LogP contribution in [0.5, 0.6) is 0 Å². The number of nitrogens with one attached hydrogen (secondary N) is 1. The third-order valence-corrected chi connectivity index (χ3v) is 2.02. The van der Waals surface area contributed by atoms with Crippen LogP contribution in [-0.4, -0.2) is 12.3 Å². The molecule has 0 atom stereocenters. The van der Waals surface area contributed by atoms with E-state index >= 15 is 0 Å². The average Bonchev–Trinajstić information content (AvgIpc) is 2.19. The van der Waals surface area contributed by atoms with Crippen molar-refractivity contribution >= 4 is 12.3 Å². The van der Waals surface area contributed by atoms with E-state index in [1.165, 1.54) is 5.56 Å². The zero-order valence-corrected chi connectivity index (χ0v) is 8.12. The molecular weight excluding hydrogens is 178 g/mol. The topological polar surface area (TPSA) is 46.2 Å². The highest BCUT2D eigenvalue weighted by molar-refractivity contribution is 5.87. The second-order valence-corrected chi connectivity index (χ2v) is 3.03. The van der Waals surface area contributed by atoms with Crippen molar-refractivity contribution < 1.29 is 9.59 Å². The summed E-state index contributed by atoms with van der Waals surface area (Å²) in [5.41, 5.74) is 2.16. The normalized spacial score (nSPS) is 9.50. The first-order valence-corrected chi connectivity index (χ1v) is 4.57. The molecule has 0 aliphatic carbocycles. The molecule has 1 aromatic carbocycles. The summed E-state index contributed by atoms with van der Waals surface area (Å²) in [6.45, 7) is 2.08. The van der Waals surface area contributed by atoms with Crippen LogP contribution in [0.2, 0.25) is 0 Å². The zero-order chi connectivity index (χ0) is 10.4. The van der Waals surface area contributed by atoms with Crippen LogP contribution in [0, 0.1) is 0 Å². The van der Waals surface area contributed by atoms with Crippen molar-refractivity contribution in [1.82, 2.24) is 5.32 Å². The van der Waals surface area contributed by atoms with E-state index in [4.69, 9.17) is 0 Å². The third kappa shape index (κ3) is 3.01. The molecule has 0 unspecified atom stereocenters. The molecule has 0 aromatic heterocycles. The number of carbonyl (C=O) groups excluding carboxylic acids is 2. The van der Waals surface area contributed by atoms with Gasteiger partial charge in [0.1, 0.15) is 0 Å². The van der Waals surface area contributed by atoms with Crippen molar-refractivity contribution in [3.63, 3.8) is 0 Å². The Kier molecular flexibility index (Phi) is 3.85. The van der Waals surface area contributed by atoms with Gasteiger partial charge in [-0.25, -0.2) is 0 Å². The monoisotopic (exact) mass is 191 g/mol. The van der Waals surface area contributed by atoms with Gasteiger partial charge in [0.15, 0.2) is 0 Å². The van der Waals surface area contributed by atoms with E-state index < -0.39 is 0 Å². The summed E-state index contributed by atoms with van der Waals surface area (Å²) in [5.74, 6) is -0.274. The van der Waals surface area contributed by atoms with Gasteiger partial charge in [0.25, 0.3) is 0 Å². The smallest absolute Gasteiger partial charge is 0.230 e. The summed E-state index contributed by atoms with van der Waals surface area (Å²) in [7, 11) is 0. The molecule has 3 nitrogen and oxygen atoms in total. The summed E-state index contributed by atoms with van der Waals surface area (Å²) >= 11 is 0. The van der Waals surface area contributed by atoms with Gasteiger partial charge in [0.2, 0.25) is 12.3 Å². The minimum Gasteiger partial charge on any atom is -0.299 e. The van der Waals surface area contributed by atoms with Crippen molar-refractivity contribution in [2.45, 2.75) is 19.8 Å². The molecule has 1 rings (SSSR count). The number of carbonyl (C=O) groups is 2. The van der Waals surface area contributed by atoms with E-state index in [0.717, 1.165) is 12.0 Å². The summed E-state index contributed by atoms with van der Waals surface area (Å²) in [6, 6.07) is 7.79. The summed E-state index contributed by atoms with van der Waals surface area (Å²) in [6.07, 6.45) is 1.65. The van der Waals surface area contributed by atoms with Gasteiger partial charge in [0, 0.05) is 0 Å². The predicted molar refractivity (Wildman–Crippen MR) is 53.7 cm³/mol. The molecule has 74 valence electrons. The largest absolute Gasteiger partial charge is 0.299 e. The SMILES string of the molecule is CCc1ccc(CC(=O)NC=O)cc1. The lowest BCUT2D eigenvalue weighted by molar-refractivity contribution is -0.124. The van der Waals surface area contributed by atoms with Gasteiger partial charge in [-0.1, -0.05) is 31.2 Å². The van der Waals surface area contributed by atoms with Crippen LogP contribution in [0.4, 0.5) is 0 Å². The number of hydrogen-bond donors (Lipinski definition) is 1. The Bertz CT molecular complexity index is 317. The number of rotatable bonds is 4. The van der Waals surface area contributed by atoms with E-state index in [2.05, 4.69) is 12.2 Å². The summed E-state index contributed by atoms with van der Waals surface area (Å²) < 4.78 is 0. The van der Waals surface area contributed by atoms with E-state index in [9.17, 15) is 9.59 Å². The molecule has 14 heavy (non-hydrogen) atoms. The highest BCUT2D eigenvalue weighted by Gasteiger charge is 2.01. The first kappa shape index (κ1) is 10.4. The standard InChI is InChI=1S/C11H13NO2/c1-2-9-3-5-10(6-4-9)7-11(14)12-8-13/h3-6,8H,2,7H2,1H3,(H,12,13,14). The molecule has 3 heteroatoms. The fourth-order valence-electron chi connectivity index (χ4n) is 1.19. The van der Waals surface area contributed by atoms with Crippen molar-refractivity contribution in [2.75, 3.05) is 0 Å². The maximum absolute atomic E-state index is 11.0. The van der Waals surface area contributed by atoms with Crippen molar-refractivity contribution in [3.8, 4) is 0 Å². The van der Waals surface area contributed by atoms with Crippen LogP contribution < -0.4 is 5.32 Å². The molecule has 0 spiro atoms. The van der Waals surface area contributed by atoms with Crippen LogP contribution >= 0.6 is 0 Å². The second-order valence-electron chi connectivity index (χ2n) is 3.03. The zero-order valence-electron chi connectivity index (χ0n) is 8.12. The molecule has 1 aromatic rings. The van der Waals surface area contributed by atoms with E-state index in [1.807, 2.05) is 24.3 Å². The molecule has 0 aliphatic rings. The maximum atomic E-state index is 11.0. The molecule has 0 aliphatic heterocycles.